The van der Waals surface area contributed by atoms with Gasteiger partial charge in [0.2, 0.25) is 10.0 Å². The molecule has 2 heterocycles. The van der Waals surface area contributed by atoms with Crippen LogP contribution in [0.25, 0.3) is 22.6 Å². The third-order valence-electron chi connectivity index (χ3n) is 5.12. The van der Waals surface area contributed by atoms with Crippen LogP contribution in [-0.4, -0.2) is 41.8 Å². The van der Waals surface area contributed by atoms with Gasteiger partial charge in [0.05, 0.1) is 10.6 Å². The third-order valence-corrected chi connectivity index (χ3v) is 7.03. The molecule has 0 saturated carbocycles. The Hall–Kier alpha value is -2.75. The van der Waals surface area contributed by atoms with Gasteiger partial charge >= 0.3 is 0 Å². The monoisotopic (exact) mass is 430 g/mol. The summed E-state index contributed by atoms with van der Waals surface area (Å²) in [5, 5.41) is 0. The quantitative estimate of drug-likeness (QED) is 0.687. The number of nitrogens with two attached hydrogens (primary N) is 1. The standard InChI is InChI=1S/C21H20F2N4O2S/c22-18-6-3-15(13-19(18)23)20-7-10-25-21(26-20)14-1-4-17(5-2-14)30(28,29)27-11-8-16(24)9-12-27/h1-7,10,13,16H,8-9,11-12,24H2. The Morgan fingerprint density at radius 2 is 1.60 bits per heavy atom. The Balaban J connectivity index is 1.59. The van der Waals surface area contributed by atoms with E-state index in [-0.39, 0.29) is 10.9 Å². The number of sulfonamides is 1. The van der Waals surface area contributed by atoms with Gasteiger partial charge in [-0.1, -0.05) is 0 Å². The first-order chi connectivity index (χ1) is 14.3. The highest BCUT2D eigenvalue weighted by Crippen LogP contribution is 2.25. The molecule has 2 aromatic carbocycles. The number of halogens is 2. The highest BCUT2D eigenvalue weighted by Gasteiger charge is 2.28. The van der Waals surface area contributed by atoms with E-state index in [9.17, 15) is 17.2 Å². The number of aromatic nitrogens is 2. The summed E-state index contributed by atoms with van der Waals surface area (Å²) in [4.78, 5) is 8.81. The minimum Gasteiger partial charge on any atom is -0.328 e. The van der Waals surface area contributed by atoms with Gasteiger partial charge in [-0.3, -0.25) is 0 Å². The summed E-state index contributed by atoms with van der Waals surface area (Å²) < 4.78 is 53.8. The highest BCUT2D eigenvalue weighted by molar-refractivity contribution is 7.89. The van der Waals surface area contributed by atoms with Crippen molar-refractivity contribution in [1.82, 2.24) is 14.3 Å². The van der Waals surface area contributed by atoms with E-state index in [0.29, 0.717) is 48.6 Å². The molecule has 0 atom stereocenters. The summed E-state index contributed by atoms with van der Waals surface area (Å²) in [5.41, 5.74) is 7.32. The minimum atomic E-state index is -3.58. The smallest absolute Gasteiger partial charge is 0.243 e. The normalized spacial score (nSPS) is 16.0. The summed E-state index contributed by atoms with van der Waals surface area (Å²) in [6.45, 7) is 0.815. The molecule has 0 spiro atoms. The average Bonchev–Trinajstić information content (AvgIpc) is 2.76. The zero-order chi connectivity index (χ0) is 21.3. The molecule has 2 N–H and O–H groups in total. The van der Waals surface area contributed by atoms with Crippen molar-refractivity contribution in [2.45, 2.75) is 23.8 Å². The van der Waals surface area contributed by atoms with Crippen LogP contribution < -0.4 is 5.73 Å². The number of hydrogen-bond donors (Lipinski definition) is 1. The highest BCUT2D eigenvalue weighted by atomic mass is 32.2. The van der Waals surface area contributed by atoms with Crippen LogP contribution in [0.1, 0.15) is 12.8 Å². The van der Waals surface area contributed by atoms with Crippen LogP contribution in [0.5, 0.6) is 0 Å². The van der Waals surface area contributed by atoms with Crippen LogP contribution in [0.15, 0.2) is 59.6 Å². The van der Waals surface area contributed by atoms with Crippen LogP contribution in [0, 0.1) is 11.6 Å². The summed E-state index contributed by atoms with van der Waals surface area (Å²) in [7, 11) is -3.58. The summed E-state index contributed by atoms with van der Waals surface area (Å²) in [5.74, 6) is -1.54. The van der Waals surface area contributed by atoms with Crippen molar-refractivity contribution >= 4 is 10.0 Å². The van der Waals surface area contributed by atoms with Gasteiger partial charge in [-0.25, -0.2) is 27.2 Å². The molecule has 4 rings (SSSR count). The number of nitrogens with zero attached hydrogens (tertiary/aromatic N) is 3. The van der Waals surface area contributed by atoms with Crippen LogP contribution in [0.2, 0.25) is 0 Å². The first-order valence-electron chi connectivity index (χ1n) is 9.49. The Morgan fingerprint density at radius 3 is 2.27 bits per heavy atom. The number of piperidine rings is 1. The van der Waals surface area contributed by atoms with Gasteiger partial charge in [0.1, 0.15) is 0 Å². The van der Waals surface area contributed by atoms with Gasteiger partial charge in [0.25, 0.3) is 0 Å². The molecule has 0 unspecified atom stereocenters. The lowest BCUT2D eigenvalue weighted by atomic mass is 10.1. The topological polar surface area (TPSA) is 89.2 Å². The van der Waals surface area contributed by atoms with E-state index in [1.54, 1.807) is 18.2 Å². The number of rotatable bonds is 4. The first-order valence-corrected chi connectivity index (χ1v) is 10.9. The van der Waals surface area contributed by atoms with Gasteiger partial charge in [-0.15, -0.1) is 0 Å². The second-order valence-electron chi connectivity index (χ2n) is 7.16. The lowest BCUT2D eigenvalue weighted by Gasteiger charge is -2.29. The maximum atomic E-state index is 13.5. The fourth-order valence-electron chi connectivity index (χ4n) is 3.36. The summed E-state index contributed by atoms with van der Waals surface area (Å²) in [6.07, 6.45) is 2.80. The van der Waals surface area contributed by atoms with Crippen LogP contribution in [0.3, 0.4) is 0 Å². The van der Waals surface area contributed by atoms with Crippen molar-refractivity contribution < 1.29 is 17.2 Å². The molecular weight excluding hydrogens is 410 g/mol. The molecule has 1 fully saturated rings. The van der Waals surface area contributed by atoms with E-state index < -0.39 is 21.7 Å². The molecule has 30 heavy (non-hydrogen) atoms. The average molecular weight is 430 g/mol. The Labute approximate surface area is 173 Å². The van der Waals surface area contributed by atoms with E-state index in [4.69, 9.17) is 5.73 Å². The molecule has 156 valence electrons. The van der Waals surface area contributed by atoms with E-state index in [0.717, 1.165) is 12.1 Å². The summed E-state index contributed by atoms with van der Waals surface area (Å²) in [6, 6.07) is 11.5. The van der Waals surface area contributed by atoms with Crippen LogP contribution in [0.4, 0.5) is 8.78 Å². The molecule has 3 aromatic rings. The first kappa shape index (κ1) is 20.5. The van der Waals surface area contributed by atoms with Crippen LogP contribution >= 0.6 is 0 Å². The van der Waals surface area contributed by atoms with E-state index in [2.05, 4.69) is 9.97 Å². The fourth-order valence-corrected chi connectivity index (χ4v) is 4.82. The number of hydrogen-bond acceptors (Lipinski definition) is 5. The Morgan fingerprint density at radius 1 is 0.933 bits per heavy atom. The van der Waals surface area contributed by atoms with Gasteiger partial charge in [-0.2, -0.15) is 4.31 Å². The molecule has 1 aromatic heterocycles. The molecule has 9 heteroatoms. The van der Waals surface area contributed by atoms with Gasteiger partial charge in [0, 0.05) is 36.5 Å². The molecule has 1 aliphatic heterocycles. The minimum absolute atomic E-state index is 0.0397. The molecule has 0 radical (unpaired) electrons. The van der Waals surface area contributed by atoms with Crippen molar-refractivity contribution in [2.75, 3.05) is 13.1 Å². The van der Waals surface area contributed by atoms with Crippen molar-refractivity contribution in [2.24, 2.45) is 5.73 Å². The molecule has 6 nitrogen and oxygen atoms in total. The Bertz CT molecular complexity index is 1160. The maximum Gasteiger partial charge on any atom is 0.243 e. The van der Waals surface area contributed by atoms with E-state index in [1.807, 2.05) is 0 Å². The van der Waals surface area contributed by atoms with Gasteiger partial charge in [0.15, 0.2) is 17.5 Å². The maximum absolute atomic E-state index is 13.5. The lowest BCUT2D eigenvalue weighted by molar-refractivity contribution is 0.320. The van der Waals surface area contributed by atoms with Crippen molar-refractivity contribution in [1.29, 1.82) is 0 Å². The molecular formula is C21H20F2N4O2S. The number of benzene rings is 2. The van der Waals surface area contributed by atoms with Gasteiger partial charge < -0.3 is 5.73 Å². The molecule has 0 aliphatic carbocycles. The zero-order valence-electron chi connectivity index (χ0n) is 16.0. The molecule has 0 bridgehead atoms. The lowest BCUT2D eigenvalue weighted by Crippen LogP contribution is -2.42. The molecule has 1 aliphatic rings. The third kappa shape index (κ3) is 4.09. The fraction of sp³-hybridized carbons (Fsp3) is 0.238. The van der Waals surface area contributed by atoms with Crippen molar-refractivity contribution in [3.8, 4) is 22.6 Å². The molecule has 1 saturated heterocycles. The second-order valence-corrected chi connectivity index (χ2v) is 9.10. The van der Waals surface area contributed by atoms with Crippen molar-refractivity contribution in [3.63, 3.8) is 0 Å². The summed E-state index contributed by atoms with van der Waals surface area (Å²) >= 11 is 0. The zero-order valence-corrected chi connectivity index (χ0v) is 16.8. The SMILES string of the molecule is NC1CCN(S(=O)(=O)c2ccc(-c3nccc(-c4ccc(F)c(F)c4)n3)cc2)CC1. The van der Waals surface area contributed by atoms with E-state index in [1.165, 1.54) is 28.7 Å². The van der Waals surface area contributed by atoms with Gasteiger partial charge in [-0.05, 0) is 61.4 Å². The van der Waals surface area contributed by atoms with E-state index >= 15 is 0 Å². The molecule has 0 amide bonds. The second kappa shape index (κ2) is 8.17. The van der Waals surface area contributed by atoms with Crippen LogP contribution in [-0.2, 0) is 10.0 Å². The largest absolute Gasteiger partial charge is 0.328 e. The predicted octanol–water partition coefficient (Wildman–Crippen LogP) is 3.20. The predicted molar refractivity (Wildman–Crippen MR) is 109 cm³/mol. The van der Waals surface area contributed by atoms with Crippen molar-refractivity contribution in [3.05, 3.63) is 66.4 Å². The Kier molecular flexibility index (Phi) is 5.59.